The lowest BCUT2D eigenvalue weighted by Gasteiger charge is -2.18. The van der Waals surface area contributed by atoms with E-state index >= 15 is 0 Å². The van der Waals surface area contributed by atoms with Gasteiger partial charge in [-0.3, -0.25) is 13.6 Å². The van der Waals surface area contributed by atoms with Crippen molar-refractivity contribution in [2.24, 2.45) is 0 Å². The third kappa shape index (κ3) is 4.79. The van der Waals surface area contributed by atoms with E-state index in [1.807, 2.05) is 0 Å². The van der Waals surface area contributed by atoms with E-state index in [2.05, 4.69) is 6.08 Å². The molecule has 1 aliphatic rings. The van der Waals surface area contributed by atoms with Gasteiger partial charge in [-0.2, -0.15) is 0 Å². The smallest absolute Gasteiger partial charge is 0.287 e. The fraction of sp³-hybridized carbons (Fsp3) is 0.818. The number of phosphoric acid groups is 1. The van der Waals surface area contributed by atoms with E-state index in [0.29, 0.717) is 19.8 Å². The molecule has 0 bridgehead atoms. The van der Waals surface area contributed by atoms with E-state index in [0.717, 1.165) is 12.8 Å². The molecule has 0 fully saturated rings. The molecule has 94 valence electrons. The van der Waals surface area contributed by atoms with Gasteiger partial charge in [-0.1, -0.05) is 6.08 Å². The molecular weight excluding hydrogens is 227 g/mol. The molecule has 0 heterocycles. The maximum absolute atomic E-state index is 12.0. The highest BCUT2D eigenvalue weighted by Crippen LogP contribution is 2.49. The molecule has 0 saturated carbocycles. The van der Waals surface area contributed by atoms with Crippen molar-refractivity contribution in [2.45, 2.75) is 39.5 Å². The topological polar surface area (TPSA) is 44.8 Å². The zero-order valence-corrected chi connectivity index (χ0v) is 11.0. The van der Waals surface area contributed by atoms with Crippen LogP contribution in [0.2, 0.25) is 0 Å². The quantitative estimate of drug-likeness (QED) is 0.509. The second kappa shape index (κ2) is 7.23. The zero-order valence-electron chi connectivity index (χ0n) is 10.1. The molecule has 16 heavy (non-hydrogen) atoms. The van der Waals surface area contributed by atoms with Gasteiger partial charge in [0.05, 0.1) is 19.8 Å². The van der Waals surface area contributed by atoms with E-state index in [9.17, 15) is 4.57 Å². The second-order valence-corrected chi connectivity index (χ2v) is 5.33. The minimum Gasteiger partial charge on any atom is -0.287 e. The Labute approximate surface area is 97.6 Å². The summed E-state index contributed by atoms with van der Waals surface area (Å²) in [6.07, 6.45) is 6.69. The fourth-order valence-electron chi connectivity index (χ4n) is 1.63. The van der Waals surface area contributed by atoms with Gasteiger partial charge >= 0.3 is 7.82 Å². The van der Waals surface area contributed by atoms with Gasteiger partial charge in [0.1, 0.15) is 0 Å². The van der Waals surface area contributed by atoms with E-state index in [4.69, 9.17) is 13.6 Å². The summed E-state index contributed by atoms with van der Waals surface area (Å²) in [5.41, 5.74) is 1.20. The van der Waals surface area contributed by atoms with Crippen molar-refractivity contribution in [3.63, 3.8) is 0 Å². The fourth-order valence-corrected chi connectivity index (χ4v) is 2.81. The highest BCUT2D eigenvalue weighted by Gasteiger charge is 2.25. The van der Waals surface area contributed by atoms with E-state index in [1.54, 1.807) is 13.8 Å². The predicted molar refractivity (Wildman–Crippen MR) is 63.4 cm³/mol. The second-order valence-electron chi connectivity index (χ2n) is 3.66. The lowest BCUT2D eigenvalue weighted by molar-refractivity contribution is 0.128. The van der Waals surface area contributed by atoms with Gasteiger partial charge in [-0.25, -0.2) is 4.57 Å². The zero-order chi connectivity index (χ0) is 11.9. The van der Waals surface area contributed by atoms with E-state index in [1.165, 1.54) is 18.4 Å². The number of allylic oxidation sites excluding steroid dienone is 1. The Morgan fingerprint density at radius 1 is 1.19 bits per heavy atom. The van der Waals surface area contributed by atoms with Crippen LogP contribution in [0.4, 0.5) is 0 Å². The minimum absolute atomic E-state index is 0.330. The summed E-state index contributed by atoms with van der Waals surface area (Å²) in [5.74, 6) is 0. The van der Waals surface area contributed by atoms with Crippen molar-refractivity contribution >= 4 is 7.82 Å². The molecule has 4 nitrogen and oxygen atoms in total. The molecule has 5 heteroatoms. The molecule has 0 amide bonds. The molecule has 0 saturated heterocycles. The van der Waals surface area contributed by atoms with Crippen LogP contribution in [0.3, 0.4) is 0 Å². The molecule has 0 radical (unpaired) electrons. The lowest BCUT2D eigenvalue weighted by atomic mass is 10.0. The van der Waals surface area contributed by atoms with Crippen molar-refractivity contribution in [2.75, 3.05) is 19.8 Å². The molecule has 0 aliphatic heterocycles. The molecule has 0 spiro atoms. The van der Waals surface area contributed by atoms with Gasteiger partial charge in [0.15, 0.2) is 0 Å². The van der Waals surface area contributed by atoms with Crippen LogP contribution in [-0.2, 0) is 18.1 Å². The first-order valence-electron chi connectivity index (χ1n) is 5.91. The van der Waals surface area contributed by atoms with Gasteiger partial charge in [-0.05, 0) is 45.1 Å². The van der Waals surface area contributed by atoms with Gasteiger partial charge in [0.2, 0.25) is 0 Å². The Hall–Kier alpha value is -0.150. The van der Waals surface area contributed by atoms with E-state index in [-0.39, 0.29) is 0 Å². The third-order valence-corrected chi connectivity index (χ3v) is 3.96. The molecule has 1 aliphatic carbocycles. The molecule has 0 N–H and O–H groups in total. The summed E-state index contributed by atoms with van der Waals surface area (Å²) in [4.78, 5) is 0. The Morgan fingerprint density at radius 3 is 2.38 bits per heavy atom. The summed E-state index contributed by atoms with van der Waals surface area (Å²) in [7, 11) is -3.33. The average molecular weight is 248 g/mol. The largest absolute Gasteiger partial charge is 0.475 e. The first-order chi connectivity index (χ1) is 7.70. The highest BCUT2D eigenvalue weighted by molar-refractivity contribution is 7.48. The highest BCUT2D eigenvalue weighted by atomic mass is 31.2. The maximum atomic E-state index is 12.0. The Balaban J connectivity index is 2.42. The standard InChI is InChI=1S/C11H21O4P/c1-3-13-16(12,14-4-2)15-10-11-8-6-5-7-9-11/h8H,3-7,9-10H2,1-2H3. The normalized spacial score (nSPS) is 17.2. The molecule has 1 rings (SSSR count). The van der Waals surface area contributed by atoms with Crippen LogP contribution in [-0.4, -0.2) is 19.8 Å². The summed E-state index contributed by atoms with van der Waals surface area (Å²) in [6, 6.07) is 0. The monoisotopic (exact) mass is 248 g/mol. The SMILES string of the molecule is CCOP(=O)(OCC)OCC1=CCCCC1. The van der Waals surface area contributed by atoms with Gasteiger partial charge < -0.3 is 0 Å². The maximum Gasteiger partial charge on any atom is 0.475 e. The van der Waals surface area contributed by atoms with Crippen molar-refractivity contribution in [3.8, 4) is 0 Å². The summed E-state index contributed by atoms with van der Waals surface area (Å²) >= 11 is 0. The summed E-state index contributed by atoms with van der Waals surface area (Å²) < 4.78 is 27.3. The van der Waals surface area contributed by atoms with Crippen LogP contribution in [0.5, 0.6) is 0 Å². The molecule has 0 atom stereocenters. The lowest BCUT2D eigenvalue weighted by Crippen LogP contribution is -2.05. The van der Waals surface area contributed by atoms with Crippen molar-refractivity contribution in [1.82, 2.24) is 0 Å². The van der Waals surface area contributed by atoms with Crippen molar-refractivity contribution < 1.29 is 18.1 Å². The van der Waals surface area contributed by atoms with Gasteiger partial charge in [0, 0.05) is 0 Å². The number of hydrogen-bond acceptors (Lipinski definition) is 4. The van der Waals surface area contributed by atoms with Crippen molar-refractivity contribution in [1.29, 1.82) is 0 Å². The van der Waals surface area contributed by atoms with E-state index < -0.39 is 7.82 Å². The Morgan fingerprint density at radius 2 is 1.88 bits per heavy atom. The minimum atomic E-state index is -3.33. The molecule has 0 aromatic carbocycles. The molecular formula is C11H21O4P. The van der Waals surface area contributed by atoms with Gasteiger partial charge in [-0.15, -0.1) is 0 Å². The molecule has 0 aromatic heterocycles. The van der Waals surface area contributed by atoms with Crippen LogP contribution in [0.15, 0.2) is 11.6 Å². The number of hydrogen-bond donors (Lipinski definition) is 0. The third-order valence-electron chi connectivity index (χ3n) is 2.37. The van der Waals surface area contributed by atoms with Crippen LogP contribution >= 0.6 is 7.82 Å². The van der Waals surface area contributed by atoms with Crippen LogP contribution in [0.25, 0.3) is 0 Å². The first-order valence-corrected chi connectivity index (χ1v) is 7.38. The summed E-state index contributed by atoms with van der Waals surface area (Å²) in [5, 5.41) is 0. The molecule has 0 aromatic rings. The Kier molecular flexibility index (Phi) is 6.29. The van der Waals surface area contributed by atoms with Crippen LogP contribution in [0, 0.1) is 0 Å². The molecule has 0 unspecified atom stereocenters. The average Bonchev–Trinajstić information content (AvgIpc) is 2.29. The number of rotatable bonds is 7. The van der Waals surface area contributed by atoms with Crippen LogP contribution < -0.4 is 0 Å². The predicted octanol–water partition coefficient (Wildman–Crippen LogP) is 3.68. The van der Waals surface area contributed by atoms with Crippen LogP contribution in [0.1, 0.15) is 39.5 Å². The first kappa shape index (κ1) is 13.9. The van der Waals surface area contributed by atoms with Gasteiger partial charge in [0.25, 0.3) is 0 Å². The van der Waals surface area contributed by atoms with Crippen molar-refractivity contribution in [3.05, 3.63) is 11.6 Å². The number of phosphoric ester groups is 1. The summed E-state index contributed by atoms with van der Waals surface area (Å²) in [6.45, 7) is 4.56. The Bertz CT molecular complexity index is 265.